The van der Waals surface area contributed by atoms with E-state index in [1.807, 2.05) is 48.5 Å². The highest BCUT2D eigenvalue weighted by Crippen LogP contribution is 2.37. The summed E-state index contributed by atoms with van der Waals surface area (Å²) in [4.78, 5) is 4.82. The van der Waals surface area contributed by atoms with Crippen molar-refractivity contribution in [2.45, 2.75) is 37.8 Å². The van der Waals surface area contributed by atoms with Crippen LogP contribution in [0.5, 0.6) is 5.75 Å². The molecule has 124 valence electrons. The first-order valence-electron chi connectivity index (χ1n) is 8.62. The zero-order chi connectivity index (χ0) is 16.4. The van der Waals surface area contributed by atoms with Gasteiger partial charge in [0.25, 0.3) is 0 Å². The molecular weight excluding hydrogens is 300 g/mol. The first kappa shape index (κ1) is 15.2. The number of aliphatic hydroxyl groups is 1. The van der Waals surface area contributed by atoms with E-state index in [0.29, 0.717) is 12.5 Å². The van der Waals surface area contributed by atoms with Gasteiger partial charge in [0, 0.05) is 5.92 Å². The Balaban J connectivity index is 1.52. The summed E-state index contributed by atoms with van der Waals surface area (Å²) < 4.78 is 7.86. The zero-order valence-electron chi connectivity index (χ0n) is 13.6. The lowest BCUT2D eigenvalue weighted by Gasteiger charge is -2.26. The van der Waals surface area contributed by atoms with Crippen LogP contribution in [0.4, 0.5) is 0 Å². The topological polar surface area (TPSA) is 47.3 Å². The Hall–Kier alpha value is -2.33. The van der Waals surface area contributed by atoms with Crippen molar-refractivity contribution in [2.75, 3.05) is 6.61 Å². The minimum atomic E-state index is -0.568. The molecule has 4 rings (SSSR count). The molecule has 4 heteroatoms. The van der Waals surface area contributed by atoms with Crippen molar-refractivity contribution in [1.82, 2.24) is 9.55 Å². The molecular formula is C20H22N2O2. The summed E-state index contributed by atoms with van der Waals surface area (Å²) in [5.41, 5.74) is 2.11. The number of ether oxygens (including phenoxy) is 1. The van der Waals surface area contributed by atoms with Gasteiger partial charge < -0.3 is 14.4 Å². The third-order valence-corrected chi connectivity index (χ3v) is 4.73. The largest absolute Gasteiger partial charge is 0.491 e. The fourth-order valence-corrected chi connectivity index (χ4v) is 3.24. The summed E-state index contributed by atoms with van der Waals surface area (Å²) in [6.07, 6.45) is 3.09. The average molecular weight is 322 g/mol. The van der Waals surface area contributed by atoms with Gasteiger partial charge in [0.2, 0.25) is 0 Å². The van der Waals surface area contributed by atoms with Gasteiger partial charge in [-0.15, -0.1) is 0 Å². The molecule has 1 atom stereocenters. The maximum Gasteiger partial charge on any atom is 0.119 e. The highest BCUT2D eigenvalue weighted by Gasteiger charge is 2.26. The number of rotatable bonds is 6. The maximum absolute atomic E-state index is 10.5. The van der Waals surface area contributed by atoms with Crippen LogP contribution in [0.2, 0.25) is 0 Å². The molecule has 2 aromatic carbocycles. The van der Waals surface area contributed by atoms with Crippen LogP contribution in [-0.2, 0) is 6.54 Å². The van der Waals surface area contributed by atoms with Crippen LogP contribution in [0.3, 0.4) is 0 Å². The lowest BCUT2D eigenvalue weighted by atomic mass is 9.85. The number of para-hydroxylation sites is 3. The average Bonchev–Trinajstić information content (AvgIpc) is 2.91. The normalized spacial score (nSPS) is 16.0. The quantitative estimate of drug-likeness (QED) is 0.752. The summed E-state index contributed by atoms with van der Waals surface area (Å²) >= 11 is 0. The van der Waals surface area contributed by atoms with Crippen LogP contribution in [0.25, 0.3) is 11.0 Å². The van der Waals surface area contributed by atoms with Crippen molar-refractivity contribution >= 4 is 11.0 Å². The molecule has 0 bridgehead atoms. The maximum atomic E-state index is 10.5. The molecule has 24 heavy (non-hydrogen) atoms. The van der Waals surface area contributed by atoms with Crippen LogP contribution in [0.1, 0.15) is 31.0 Å². The van der Waals surface area contributed by atoms with E-state index < -0.39 is 6.10 Å². The van der Waals surface area contributed by atoms with Crippen LogP contribution >= 0.6 is 0 Å². The van der Waals surface area contributed by atoms with Gasteiger partial charge in [0.05, 0.1) is 17.6 Å². The Bertz CT molecular complexity index is 809. The van der Waals surface area contributed by atoms with Crippen molar-refractivity contribution < 1.29 is 9.84 Å². The van der Waals surface area contributed by atoms with Crippen LogP contribution in [-0.4, -0.2) is 27.4 Å². The van der Waals surface area contributed by atoms with Gasteiger partial charge in [0.15, 0.2) is 0 Å². The van der Waals surface area contributed by atoms with Gasteiger partial charge in [0.1, 0.15) is 24.3 Å². The highest BCUT2D eigenvalue weighted by molar-refractivity contribution is 5.76. The van der Waals surface area contributed by atoms with E-state index in [4.69, 9.17) is 9.72 Å². The molecule has 0 amide bonds. The number of aliphatic hydroxyl groups excluding tert-OH is 1. The van der Waals surface area contributed by atoms with Crippen LogP contribution in [0, 0.1) is 0 Å². The van der Waals surface area contributed by atoms with E-state index in [0.717, 1.165) is 22.6 Å². The molecule has 3 aromatic rings. The van der Waals surface area contributed by atoms with E-state index >= 15 is 0 Å². The third-order valence-electron chi connectivity index (χ3n) is 4.73. The minimum Gasteiger partial charge on any atom is -0.491 e. The van der Waals surface area contributed by atoms with E-state index in [-0.39, 0.29) is 6.61 Å². The summed E-state index contributed by atoms with van der Waals surface area (Å²) in [6.45, 7) is 0.791. The Morgan fingerprint density at radius 3 is 2.58 bits per heavy atom. The molecule has 1 aliphatic rings. The summed E-state index contributed by atoms with van der Waals surface area (Å²) in [5.74, 6) is 2.42. The minimum absolute atomic E-state index is 0.278. The predicted octanol–water partition coefficient (Wildman–Crippen LogP) is 3.74. The van der Waals surface area contributed by atoms with Crippen LogP contribution in [0.15, 0.2) is 54.6 Å². The summed E-state index contributed by atoms with van der Waals surface area (Å²) in [7, 11) is 0. The summed E-state index contributed by atoms with van der Waals surface area (Å²) in [6, 6.07) is 17.8. The molecule has 1 aliphatic carbocycles. The standard InChI is InChI=1S/C20H22N2O2/c23-16(14-24-17-9-2-1-3-10-17)13-22-19-12-5-4-11-18(19)21-20(22)15-7-6-8-15/h1-5,9-12,15-16,23H,6-8,13-14H2. The third kappa shape index (κ3) is 3.02. The number of nitrogens with zero attached hydrogens (tertiary/aromatic N) is 2. The van der Waals surface area contributed by atoms with Gasteiger partial charge in [-0.3, -0.25) is 0 Å². The second kappa shape index (κ2) is 6.65. The molecule has 0 spiro atoms. The Morgan fingerprint density at radius 2 is 1.83 bits per heavy atom. The van der Waals surface area contributed by atoms with Crippen LogP contribution < -0.4 is 4.74 Å². The van der Waals surface area contributed by atoms with Crippen molar-refractivity contribution in [2.24, 2.45) is 0 Å². The van der Waals surface area contributed by atoms with Gasteiger partial charge >= 0.3 is 0 Å². The first-order chi connectivity index (χ1) is 11.8. The second-order valence-corrected chi connectivity index (χ2v) is 6.48. The molecule has 1 saturated carbocycles. The van der Waals surface area contributed by atoms with Crippen molar-refractivity contribution in [3.05, 3.63) is 60.4 Å². The predicted molar refractivity (Wildman–Crippen MR) is 94.3 cm³/mol. The molecule has 1 fully saturated rings. The molecule has 1 N–H and O–H groups in total. The molecule has 0 radical (unpaired) electrons. The van der Waals surface area contributed by atoms with Gasteiger partial charge in [-0.05, 0) is 37.1 Å². The Morgan fingerprint density at radius 1 is 1.08 bits per heavy atom. The molecule has 1 aromatic heterocycles. The van der Waals surface area contributed by atoms with Crippen molar-refractivity contribution in [3.63, 3.8) is 0 Å². The molecule has 0 saturated heterocycles. The molecule has 4 nitrogen and oxygen atoms in total. The number of hydrogen-bond acceptors (Lipinski definition) is 3. The number of imidazole rings is 1. The lowest BCUT2D eigenvalue weighted by molar-refractivity contribution is 0.0919. The number of aromatic nitrogens is 2. The number of fused-ring (bicyclic) bond motifs is 1. The van der Waals surface area contributed by atoms with Gasteiger partial charge in [-0.1, -0.05) is 36.8 Å². The van der Waals surface area contributed by atoms with E-state index in [9.17, 15) is 5.11 Å². The Labute approximate surface area is 141 Å². The Kier molecular flexibility index (Phi) is 4.22. The SMILES string of the molecule is OC(COc1ccccc1)Cn1c(C2CCC2)nc2ccccc21. The van der Waals surface area contributed by atoms with Gasteiger partial charge in [-0.2, -0.15) is 0 Å². The molecule has 0 aliphatic heterocycles. The molecule has 1 unspecified atom stereocenters. The summed E-state index contributed by atoms with van der Waals surface area (Å²) in [5, 5.41) is 10.5. The second-order valence-electron chi connectivity index (χ2n) is 6.48. The lowest BCUT2D eigenvalue weighted by Crippen LogP contribution is -2.26. The monoisotopic (exact) mass is 322 g/mol. The van der Waals surface area contributed by atoms with Crippen molar-refractivity contribution in [1.29, 1.82) is 0 Å². The highest BCUT2D eigenvalue weighted by atomic mass is 16.5. The fourth-order valence-electron chi connectivity index (χ4n) is 3.24. The van der Waals surface area contributed by atoms with Crippen molar-refractivity contribution in [3.8, 4) is 5.75 Å². The zero-order valence-corrected chi connectivity index (χ0v) is 13.6. The van der Waals surface area contributed by atoms with E-state index in [2.05, 4.69) is 10.6 Å². The van der Waals surface area contributed by atoms with E-state index in [1.165, 1.54) is 19.3 Å². The number of benzene rings is 2. The number of hydrogen-bond donors (Lipinski definition) is 1. The first-order valence-corrected chi connectivity index (χ1v) is 8.62. The smallest absolute Gasteiger partial charge is 0.119 e. The van der Waals surface area contributed by atoms with Gasteiger partial charge in [-0.25, -0.2) is 4.98 Å². The molecule has 1 heterocycles. The van der Waals surface area contributed by atoms with E-state index in [1.54, 1.807) is 0 Å². The fraction of sp³-hybridized carbons (Fsp3) is 0.350.